The van der Waals surface area contributed by atoms with Gasteiger partial charge in [-0.2, -0.15) is 13.2 Å². The van der Waals surface area contributed by atoms with Crippen molar-refractivity contribution in [1.82, 2.24) is 5.32 Å². The van der Waals surface area contributed by atoms with Crippen molar-refractivity contribution >= 4 is 23.4 Å². The average molecular weight is 250 g/mol. The number of nitrogens with one attached hydrogen (secondary N) is 1. The first-order valence-electron chi connectivity index (χ1n) is 4.49. The summed E-state index contributed by atoms with van der Waals surface area (Å²) in [5.41, 5.74) is -4.12. The van der Waals surface area contributed by atoms with E-state index in [4.69, 9.17) is 11.6 Å². The molecule has 6 heteroatoms. The van der Waals surface area contributed by atoms with Crippen LogP contribution in [0.5, 0.6) is 0 Å². The Labute approximate surface area is 91.8 Å². The van der Waals surface area contributed by atoms with E-state index < -0.39 is 5.51 Å². The molecular weight excluding hydrogens is 235 g/mol. The molecule has 0 heterocycles. The van der Waals surface area contributed by atoms with Crippen LogP contribution in [-0.2, 0) is 0 Å². The molecule has 1 unspecified atom stereocenters. The number of alkyl halides is 4. The van der Waals surface area contributed by atoms with E-state index in [0.717, 1.165) is 12.8 Å². The van der Waals surface area contributed by atoms with Gasteiger partial charge in [-0.15, -0.1) is 11.6 Å². The third-order valence-electron chi connectivity index (χ3n) is 1.75. The van der Waals surface area contributed by atoms with Crippen LogP contribution < -0.4 is 5.32 Å². The lowest BCUT2D eigenvalue weighted by molar-refractivity contribution is -0.0327. The van der Waals surface area contributed by atoms with Gasteiger partial charge in [-0.1, -0.05) is 6.92 Å². The fraction of sp³-hybridized carbons (Fsp3) is 1.00. The largest absolute Gasteiger partial charge is 0.441 e. The monoisotopic (exact) mass is 249 g/mol. The van der Waals surface area contributed by atoms with Crippen LogP contribution in [0.2, 0.25) is 0 Å². The Hall–Kier alpha value is 0.390. The molecule has 86 valence electrons. The molecule has 1 N–H and O–H groups in total. The Morgan fingerprint density at radius 3 is 2.50 bits per heavy atom. The second-order valence-corrected chi connectivity index (χ2v) is 4.37. The molecular formula is C8H15ClF3NS. The quantitative estimate of drug-likeness (QED) is 0.549. The lowest BCUT2D eigenvalue weighted by Gasteiger charge is -2.15. The van der Waals surface area contributed by atoms with Crippen molar-refractivity contribution in [3.05, 3.63) is 0 Å². The maximum Gasteiger partial charge on any atom is 0.441 e. The maximum absolute atomic E-state index is 11.7. The highest BCUT2D eigenvalue weighted by Gasteiger charge is 2.27. The van der Waals surface area contributed by atoms with Gasteiger partial charge < -0.3 is 5.32 Å². The van der Waals surface area contributed by atoms with Gasteiger partial charge in [0.05, 0.1) is 0 Å². The summed E-state index contributed by atoms with van der Waals surface area (Å²) in [7, 11) is 0. The minimum absolute atomic E-state index is 0.00864. The van der Waals surface area contributed by atoms with Crippen LogP contribution in [0, 0.1) is 0 Å². The highest BCUT2D eigenvalue weighted by atomic mass is 35.5. The van der Waals surface area contributed by atoms with Crippen molar-refractivity contribution in [3.63, 3.8) is 0 Å². The molecule has 0 rings (SSSR count). The molecule has 0 aromatic carbocycles. The van der Waals surface area contributed by atoms with Crippen molar-refractivity contribution < 1.29 is 13.2 Å². The van der Waals surface area contributed by atoms with E-state index in [1.54, 1.807) is 0 Å². The Kier molecular flexibility index (Phi) is 7.86. The molecule has 14 heavy (non-hydrogen) atoms. The zero-order chi connectivity index (χ0) is 11.0. The van der Waals surface area contributed by atoms with E-state index in [1.165, 1.54) is 0 Å². The van der Waals surface area contributed by atoms with Gasteiger partial charge in [-0.25, -0.2) is 0 Å². The SMILES string of the molecule is CCC(CCCl)NCCSC(F)(F)F. The number of thioether (sulfide) groups is 1. The first kappa shape index (κ1) is 14.4. The molecule has 0 radical (unpaired) electrons. The predicted octanol–water partition coefficient (Wildman–Crippen LogP) is 3.24. The van der Waals surface area contributed by atoms with E-state index in [9.17, 15) is 13.2 Å². The second-order valence-electron chi connectivity index (χ2n) is 2.83. The predicted molar refractivity (Wildman–Crippen MR) is 55.9 cm³/mol. The maximum atomic E-state index is 11.7. The van der Waals surface area contributed by atoms with Gasteiger partial charge in [0, 0.05) is 24.2 Å². The molecule has 0 amide bonds. The third-order valence-corrected chi connectivity index (χ3v) is 2.70. The molecule has 0 aliphatic carbocycles. The topological polar surface area (TPSA) is 12.0 Å². The van der Waals surface area contributed by atoms with E-state index in [1.807, 2.05) is 6.92 Å². The number of hydrogen-bond acceptors (Lipinski definition) is 2. The van der Waals surface area contributed by atoms with E-state index in [2.05, 4.69) is 5.32 Å². The van der Waals surface area contributed by atoms with Crippen molar-refractivity contribution in [2.45, 2.75) is 31.3 Å². The van der Waals surface area contributed by atoms with Gasteiger partial charge in [0.2, 0.25) is 0 Å². The van der Waals surface area contributed by atoms with Gasteiger partial charge in [-0.3, -0.25) is 0 Å². The Bertz CT molecular complexity index is 143. The molecule has 0 bridgehead atoms. The van der Waals surface area contributed by atoms with Gasteiger partial charge in [-0.05, 0) is 24.6 Å². The van der Waals surface area contributed by atoms with Crippen molar-refractivity contribution in [3.8, 4) is 0 Å². The Morgan fingerprint density at radius 1 is 1.43 bits per heavy atom. The summed E-state index contributed by atoms with van der Waals surface area (Å²) >= 11 is 5.54. The molecule has 0 aliphatic rings. The molecule has 0 fully saturated rings. The van der Waals surface area contributed by atoms with Crippen LogP contribution in [-0.4, -0.2) is 29.7 Å². The highest BCUT2D eigenvalue weighted by Crippen LogP contribution is 2.29. The number of rotatable bonds is 7. The summed E-state index contributed by atoms with van der Waals surface area (Å²) in [6, 6.07) is 0.237. The van der Waals surface area contributed by atoms with Crippen molar-refractivity contribution in [2.75, 3.05) is 18.2 Å². The highest BCUT2D eigenvalue weighted by molar-refractivity contribution is 8.00. The standard InChI is InChI=1S/C8H15ClF3NS/c1-2-7(3-4-9)13-5-6-14-8(10,11)12/h7,13H,2-6H2,1H3. The molecule has 0 saturated carbocycles. The second kappa shape index (κ2) is 7.65. The summed E-state index contributed by atoms with van der Waals surface area (Å²) in [6.45, 7) is 2.36. The van der Waals surface area contributed by atoms with Crippen LogP contribution in [0.15, 0.2) is 0 Å². The van der Waals surface area contributed by atoms with Gasteiger partial charge in [0.1, 0.15) is 0 Å². The first-order chi connectivity index (χ1) is 6.49. The summed E-state index contributed by atoms with van der Waals surface area (Å²) in [5, 5.41) is 3.04. The van der Waals surface area contributed by atoms with E-state index in [-0.39, 0.29) is 23.6 Å². The van der Waals surface area contributed by atoms with Crippen molar-refractivity contribution in [2.24, 2.45) is 0 Å². The van der Waals surface area contributed by atoms with Crippen LogP contribution in [0.25, 0.3) is 0 Å². The zero-order valence-corrected chi connectivity index (χ0v) is 9.61. The van der Waals surface area contributed by atoms with Crippen LogP contribution in [0.1, 0.15) is 19.8 Å². The van der Waals surface area contributed by atoms with Crippen LogP contribution in [0.4, 0.5) is 13.2 Å². The van der Waals surface area contributed by atoms with E-state index in [0.29, 0.717) is 12.4 Å². The summed E-state index contributed by atoms with van der Waals surface area (Å²) in [6.07, 6.45) is 1.69. The molecule has 1 nitrogen and oxygen atoms in total. The Morgan fingerprint density at radius 2 is 2.07 bits per heavy atom. The van der Waals surface area contributed by atoms with Gasteiger partial charge in [0.25, 0.3) is 0 Å². The smallest absolute Gasteiger partial charge is 0.313 e. The number of hydrogen-bond donors (Lipinski definition) is 1. The molecule has 1 atom stereocenters. The summed E-state index contributed by atoms with van der Waals surface area (Å²) in [5.74, 6) is 0.597. The molecule has 0 aliphatic heterocycles. The lowest BCUT2D eigenvalue weighted by Crippen LogP contribution is -2.31. The van der Waals surface area contributed by atoms with Gasteiger partial charge in [0.15, 0.2) is 0 Å². The van der Waals surface area contributed by atoms with Crippen LogP contribution >= 0.6 is 23.4 Å². The van der Waals surface area contributed by atoms with Crippen LogP contribution in [0.3, 0.4) is 0 Å². The minimum atomic E-state index is -4.12. The third kappa shape index (κ3) is 8.97. The fourth-order valence-corrected chi connectivity index (χ4v) is 1.73. The summed E-state index contributed by atoms with van der Waals surface area (Å²) < 4.78 is 35.2. The molecule has 0 saturated heterocycles. The zero-order valence-electron chi connectivity index (χ0n) is 8.03. The normalized spacial score (nSPS) is 14.4. The molecule has 0 aromatic heterocycles. The minimum Gasteiger partial charge on any atom is -0.313 e. The fourth-order valence-electron chi connectivity index (χ4n) is 1.01. The average Bonchev–Trinajstić information content (AvgIpc) is 2.08. The van der Waals surface area contributed by atoms with E-state index >= 15 is 0 Å². The first-order valence-corrected chi connectivity index (χ1v) is 6.01. The van der Waals surface area contributed by atoms with Crippen molar-refractivity contribution in [1.29, 1.82) is 0 Å². The molecule has 0 spiro atoms. The molecule has 0 aromatic rings. The lowest BCUT2D eigenvalue weighted by atomic mass is 10.2. The number of halogens is 4. The van der Waals surface area contributed by atoms with Gasteiger partial charge >= 0.3 is 5.51 Å². The Balaban J connectivity index is 3.42. The summed E-state index contributed by atoms with van der Waals surface area (Å²) in [4.78, 5) is 0.